The van der Waals surface area contributed by atoms with Crippen molar-refractivity contribution >= 4 is 23.4 Å². The molecule has 6 nitrogen and oxygen atoms in total. The molecule has 0 aliphatic heterocycles. The molecule has 0 saturated carbocycles. The van der Waals surface area contributed by atoms with Crippen molar-refractivity contribution in [1.29, 1.82) is 0 Å². The summed E-state index contributed by atoms with van der Waals surface area (Å²) >= 11 is 5.95. The van der Waals surface area contributed by atoms with Gasteiger partial charge in [0, 0.05) is 17.6 Å². The summed E-state index contributed by atoms with van der Waals surface area (Å²) in [6, 6.07) is 6.44. The maximum Gasteiger partial charge on any atom is 0.255 e. The molecule has 0 radical (unpaired) electrons. The molecule has 2 rings (SSSR count). The first kappa shape index (κ1) is 15.1. The van der Waals surface area contributed by atoms with Crippen LogP contribution in [0, 0.1) is 0 Å². The molecule has 1 heterocycles. The van der Waals surface area contributed by atoms with E-state index in [9.17, 15) is 9.59 Å². The van der Waals surface area contributed by atoms with Gasteiger partial charge >= 0.3 is 0 Å². The third-order valence-electron chi connectivity index (χ3n) is 2.98. The molecule has 2 amide bonds. The SMILES string of the molecule is CNC(=O)[C@@H](C)NC(=O)c1cn[nH]c1-c1cccc(Cl)c1. The first-order valence-corrected chi connectivity index (χ1v) is 6.72. The highest BCUT2D eigenvalue weighted by atomic mass is 35.5. The second kappa shape index (κ2) is 6.41. The van der Waals surface area contributed by atoms with Gasteiger partial charge in [-0.3, -0.25) is 14.7 Å². The number of halogens is 1. The van der Waals surface area contributed by atoms with E-state index in [1.807, 2.05) is 6.07 Å². The summed E-state index contributed by atoms with van der Waals surface area (Å²) in [7, 11) is 1.51. The van der Waals surface area contributed by atoms with E-state index in [1.165, 1.54) is 13.2 Å². The Bertz CT molecular complexity index is 668. The van der Waals surface area contributed by atoms with Gasteiger partial charge in [-0.25, -0.2) is 0 Å². The topological polar surface area (TPSA) is 86.9 Å². The lowest BCUT2D eigenvalue weighted by Gasteiger charge is -2.12. The van der Waals surface area contributed by atoms with Gasteiger partial charge in [-0.2, -0.15) is 5.10 Å². The van der Waals surface area contributed by atoms with Crippen molar-refractivity contribution in [2.24, 2.45) is 0 Å². The minimum Gasteiger partial charge on any atom is -0.357 e. The Morgan fingerprint density at radius 2 is 2.14 bits per heavy atom. The number of likely N-dealkylation sites (N-methyl/N-ethyl adjacent to an activating group) is 1. The fourth-order valence-electron chi connectivity index (χ4n) is 1.88. The van der Waals surface area contributed by atoms with Crippen LogP contribution >= 0.6 is 11.6 Å². The van der Waals surface area contributed by atoms with Gasteiger partial charge in [0.05, 0.1) is 17.5 Å². The summed E-state index contributed by atoms with van der Waals surface area (Å²) in [5.41, 5.74) is 1.66. The Kier molecular flexibility index (Phi) is 4.59. The molecule has 21 heavy (non-hydrogen) atoms. The fraction of sp³-hybridized carbons (Fsp3) is 0.214. The number of rotatable bonds is 4. The molecule has 0 saturated heterocycles. The predicted molar refractivity (Wildman–Crippen MR) is 80.0 cm³/mol. The van der Waals surface area contributed by atoms with Crippen LogP contribution in [-0.4, -0.2) is 35.1 Å². The zero-order chi connectivity index (χ0) is 15.4. The number of amides is 2. The normalized spacial score (nSPS) is 11.8. The van der Waals surface area contributed by atoms with Gasteiger partial charge in [-0.15, -0.1) is 0 Å². The molecule has 0 aliphatic rings. The number of carbonyl (C=O) groups is 2. The Balaban J connectivity index is 2.24. The first-order valence-electron chi connectivity index (χ1n) is 6.34. The van der Waals surface area contributed by atoms with Crippen molar-refractivity contribution in [2.45, 2.75) is 13.0 Å². The predicted octanol–water partition coefficient (Wildman–Crippen LogP) is 1.59. The van der Waals surface area contributed by atoms with E-state index in [2.05, 4.69) is 20.8 Å². The zero-order valence-electron chi connectivity index (χ0n) is 11.6. The van der Waals surface area contributed by atoms with Crippen LogP contribution < -0.4 is 10.6 Å². The number of benzene rings is 1. The molecule has 0 fully saturated rings. The number of aromatic nitrogens is 2. The number of hydrogen-bond donors (Lipinski definition) is 3. The van der Waals surface area contributed by atoms with Crippen molar-refractivity contribution in [3.05, 3.63) is 41.0 Å². The molecular weight excluding hydrogens is 292 g/mol. The molecule has 0 unspecified atom stereocenters. The monoisotopic (exact) mass is 306 g/mol. The third-order valence-corrected chi connectivity index (χ3v) is 3.22. The maximum absolute atomic E-state index is 12.2. The Labute approximate surface area is 126 Å². The maximum atomic E-state index is 12.2. The average Bonchev–Trinajstić information content (AvgIpc) is 2.95. The minimum absolute atomic E-state index is 0.267. The number of aromatic amines is 1. The molecule has 1 aromatic carbocycles. The molecular formula is C14H15ClN4O2. The number of hydrogen-bond acceptors (Lipinski definition) is 3. The van der Waals surface area contributed by atoms with Gasteiger partial charge < -0.3 is 10.6 Å². The van der Waals surface area contributed by atoms with Crippen LogP contribution in [0.3, 0.4) is 0 Å². The summed E-state index contributed by atoms with van der Waals surface area (Å²) in [6.45, 7) is 1.61. The summed E-state index contributed by atoms with van der Waals surface area (Å²) < 4.78 is 0. The van der Waals surface area contributed by atoms with Crippen LogP contribution in [0.25, 0.3) is 11.3 Å². The van der Waals surface area contributed by atoms with E-state index < -0.39 is 6.04 Å². The van der Waals surface area contributed by atoms with E-state index in [0.717, 1.165) is 5.56 Å². The van der Waals surface area contributed by atoms with E-state index in [-0.39, 0.29) is 11.8 Å². The van der Waals surface area contributed by atoms with Gasteiger partial charge in [0.1, 0.15) is 6.04 Å². The summed E-state index contributed by atoms with van der Waals surface area (Å²) in [4.78, 5) is 23.7. The second-order valence-electron chi connectivity index (χ2n) is 4.48. The van der Waals surface area contributed by atoms with Gasteiger partial charge in [0.15, 0.2) is 0 Å². The minimum atomic E-state index is -0.635. The van der Waals surface area contributed by atoms with Crippen LogP contribution in [-0.2, 0) is 4.79 Å². The number of nitrogens with one attached hydrogen (secondary N) is 3. The number of carbonyl (C=O) groups excluding carboxylic acids is 2. The lowest BCUT2D eigenvalue weighted by molar-refractivity contribution is -0.122. The standard InChI is InChI=1S/C14H15ClN4O2/c1-8(13(20)16-2)18-14(21)11-7-17-19-12(11)9-4-3-5-10(15)6-9/h3-8H,1-2H3,(H,16,20)(H,17,19)(H,18,21)/t8-/m1/s1. The van der Waals surface area contributed by atoms with Crippen molar-refractivity contribution in [2.75, 3.05) is 7.05 Å². The van der Waals surface area contributed by atoms with Crippen LogP contribution in [0.5, 0.6) is 0 Å². The van der Waals surface area contributed by atoms with Crippen LogP contribution in [0.2, 0.25) is 5.02 Å². The average molecular weight is 307 g/mol. The highest BCUT2D eigenvalue weighted by Gasteiger charge is 2.19. The third kappa shape index (κ3) is 3.41. The van der Waals surface area contributed by atoms with Gasteiger partial charge in [-0.05, 0) is 19.1 Å². The van der Waals surface area contributed by atoms with E-state index in [4.69, 9.17) is 11.6 Å². The van der Waals surface area contributed by atoms with Gasteiger partial charge in [0.2, 0.25) is 5.91 Å². The molecule has 2 aromatic rings. The molecule has 0 bridgehead atoms. The lowest BCUT2D eigenvalue weighted by Crippen LogP contribution is -2.43. The Hall–Kier alpha value is -2.34. The van der Waals surface area contributed by atoms with Crippen LogP contribution in [0.4, 0.5) is 0 Å². The van der Waals surface area contributed by atoms with Gasteiger partial charge in [-0.1, -0.05) is 23.7 Å². The summed E-state index contributed by atoms with van der Waals surface area (Å²) in [5, 5.41) is 12.3. The van der Waals surface area contributed by atoms with Gasteiger partial charge in [0.25, 0.3) is 5.91 Å². The lowest BCUT2D eigenvalue weighted by atomic mass is 10.1. The molecule has 0 spiro atoms. The molecule has 1 aromatic heterocycles. The molecule has 110 valence electrons. The zero-order valence-corrected chi connectivity index (χ0v) is 12.4. The molecule has 0 aliphatic carbocycles. The van der Waals surface area contributed by atoms with Crippen LogP contribution in [0.15, 0.2) is 30.5 Å². The van der Waals surface area contributed by atoms with E-state index in [0.29, 0.717) is 16.3 Å². The summed E-state index contributed by atoms with van der Waals surface area (Å²) in [5.74, 6) is -0.647. The molecule has 7 heteroatoms. The second-order valence-corrected chi connectivity index (χ2v) is 4.91. The van der Waals surface area contributed by atoms with Crippen molar-refractivity contribution < 1.29 is 9.59 Å². The van der Waals surface area contributed by atoms with E-state index in [1.54, 1.807) is 25.1 Å². The Morgan fingerprint density at radius 3 is 2.81 bits per heavy atom. The van der Waals surface area contributed by atoms with Crippen molar-refractivity contribution in [1.82, 2.24) is 20.8 Å². The summed E-state index contributed by atoms with van der Waals surface area (Å²) in [6.07, 6.45) is 1.42. The molecule has 3 N–H and O–H groups in total. The van der Waals surface area contributed by atoms with Crippen molar-refractivity contribution in [3.63, 3.8) is 0 Å². The molecule has 1 atom stereocenters. The highest BCUT2D eigenvalue weighted by Crippen LogP contribution is 2.23. The highest BCUT2D eigenvalue weighted by molar-refractivity contribution is 6.30. The van der Waals surface area contributed by atoms with Crippen LogP contribution in [0.1, 0.15) is 17.3 Å². The Morgan fingerprint density at radius 1 is 1.38 bits per heavy atom. The number of H-pyrrole nitrogens is 1. The van der Waals surface area contributed by atoms with Crippen molar-refractivity contribution in [3.8, 4) is 11.3 Å². The fourth-order valence-corrected chi connectivity index (χ4v) is 2.07. The quantitative estimate of drug-likeness (QED) is 0.801. The number of nitrogens with zero attached hydrogens (tertiary/aromatic N) is 1. The largest absolute Gasteiger partial charge is 0.357 e. The smallest absolute Gasteiger partial charge is 0.255 e. The van der Waals surface area contributed by atoms with E-state index >= 15 is 0 Å². The first-order chi connectivity index (χ1) is 10.0.